The van der Waals surface area contributed by atoms with Gasteiger partial charge >= 0.3 is 5.63 Å². The molecule has 4 fully saturated rings. The number of nitrogens with zero attached hydrogens (tertiary/aromatic N) is 1. The number of fused-ring (bicyclic) bond motifs is 5. The summed E-state index contributed by atoms with van der Waals surface area (Å²) in [6, 6.07) is 4.12. The Balaban J connectivity index is 1.30. The molecular formula is C28H39NO3. The summed E-state index contributed by atoms with van der Waals surface area (Å²) in [4.78, 5) is 14.2. The van der Waals surface area contributed by atoms with E-state index in [1.807, 2.05) is 6.07 Å². The lowest BCUT2D eigenvalue weighted by atomic mass is 9.45. The zero-order valence-electron chi connectivity index (χ0n) is 19.8. The van der Waals surface area contributed by atoms with E-state index in [4.69, 9.17) is 4.42 Å². The molecule has 4 aliphatic carbocycles. The first-order valence-electron chi connectivity index (χ1n) is 13.1. The van der Waals surface area contributed by atoms with Gasteiger partial charge in [-0.25, -0.2) is 4.79 Å². The molecule has 0 radical (unpaired) electrons. The van der Waals surface area contributed by atoms with Crippen molar-refractivity contribution in [3.05, 3.63) is 46.0 Å². The highest BCUT2D eigenvalue weighted by atomic mass is 16.4. The van der Waals surface area contributed by atoms with Crippen LogP contribution >= 0.6 is 0 Å². The number of hydrogen-bond donors (Lipinski definition) is 1. The van der Waals surface area contributed by atoms with Gasteiger partial charge < -0.3 is 9.52 Å². The third-order valence-corrected chi connectivity index (χ3v) is 11.0. The smallest absolute Gasteiger partial charge is 0.335 e. The van der Waals surface area contributed by atoms with Crippen LogP contribution in [0.5, 0.6) is 0 Å². The monoisotopic (exact) mass is 437 g/mol. The number of allylic oxidation sites excluding steroid dienone is 1. The minimum atomic E-state index is -0.614. The second-order valence-electron chi connectivity index (χ2n) is 12.1. The van der Waals surface area contributed by atoms with Gasteiger partial charge in [-0.3, -0.25) is 4.90 Å². The average molecular weight is 438 g/mol. The van der Waals surface area contributed by atoms with Crippen LogP contribution in [-0.2, 0) is 0 Å². The van der Waals surface area contributed by atoms with Gasteiger partial charge in [-0.2, -0.15) is 0 Å². The van der Waals surface area contributed by atoms with Gasteiger partial charge in [0.25, 0.3) is 0 Å². The van der Waals surface area contributed by atoms with Crippen molar-refractivity contribution in [1.29, 1.82) is 0 Å². The van der Waals surface area contributed by atoms with Crippen molar-refractivity contribution in [2.45, 2.75) is 95.6 Å². The van der Waals surface area contributed by atoms with E-state index in [0.29, 0.717) is 17.9 Å². The zero-order valence-corrected chi connectivity index (χ0v) is 19.8. The van der Waals surface area contributed by atoms with Gasteiger partial charge in [-0.15, -0.1) is 0 Å². The van der Waals surface area contributed by atoms with E-state index in [9.17, 15) is 9.90 Å². The maximum atomic E-state index is 12.4. The molecule has 5 aliphatic rings. The van der Waals surface area contributed by atoms with Crippen LogP contribution in [0.15, 0.2) is 39.3 Å². The van der Waals surface area contributed by atoms with Gasteiger partial charge in [0.15, 0.2) is 0 Å². The van der Waals surface area contributed by atoms with Crippen LogP contribution in [0.3, 0.4) is 0 Å². The molecule has 6 rings (SSSR count). The summed E-state index contributed by atoms with van der Waals surface area (Å²) in [5.41, 5.74) is 2.01. The Kier molecular flexibility index (Phi) is 4.83. The van der Waals surface area contributed by atoms with E-state index in [0.717, 1.165) is 37.7 Å². The summed E-state index contributed by atoms with van der Waals surface area (Å²) in [5.74, 6) is 1.24. The van der Waals surface area contributed by atoms with Crippen LogP contribution in [-0.4, -0.2) is 34.7 Å². The lowest BCUT2D eigenvalue weighted by Gasteiger charge is -2.62. The first kappa shape index (κ1) is 21.2. The molecule has 1 saturated heterocycles. The summed E-state index contributed by atoms with van der Waals surface area (Å²) in [6.07, 6.45) is 16.0. The predicted octanol–water partition coefficient (Wildman–Crippen LogP) is 5.27. The fourth-order valence-corrected chi connectivity index (χ4v) is 9.14. The zero-order chi connectivity index (χ0) is 22.1. The van der Waals surface area contributed by atoms with Crippen molar-refractivity contribution in [3.8, 4) is 0 Å². The van der Waals surface area contributed by atoms with Crippen LogP contribution < -0.4 is 5.63 Å². The Morgan fingerprint density at radius 3 is 2.56 bits per heavy atom. The fraction of sp³-hybridized carbons (Fsp3) is 0.750. The van der Waals surface area contributed by atoms with Crippen LogP contribution in [0, 0.1) is 22.7 Å². The molecule has 0 bridgehead atoms. The van der Waals surface area contributed by atoms with Crippen molar-refractivity contribution in [2.75, 3.05) is 13.1 Å². The molecule has 0 spiro atoms. The predicted molar refractivity (Wildman–Crippen MR) is 125 cm³/mol. The van der Waals surface area contributed by atoms with E-state index >= 15 is 0 Å². The van der Waals surface area contributed by atoms with Gasteiger partial charge in [-0.05, 0) is 112 Å². The lowest BCUT2D eigenvalue weighted by Crippen LogP contribution is -2.60. The van der Waals surface area contributed by atoms with Crippen molar-refractivity contribution < 1.29 is 9.52 Å². The molecule has 3 saturated carbocycles. The van der Waals surface area contributed by atoms with E-state index in [1.165, 1.54) is 45.2 Å². The maximum absolute atomic E-state index is 12.4. The standard InChI is InChI=1S/C28H39NO3/c1-26-12-9-21(29-15-3-4-16-29)17-20(26)6-7-24-23(26)10-13-27(2)22(11-14-28(24,27)31)19-5-8-25(30)32-18-19/h5,8,17-18,21-24,31H,3-4,6-7,9-16H2,1-2H3/t21?,22-,23+,24-,26+,27-,28+/m1/s1. The lowest BCUT2D eigenvalue weighted by molar-refractivity contribution is -0.177. The Hall–Kier alpha value is -1.39. The van der Waals surface area contributed by atoms with Crippen LogP contribution in [0.1, 0.15) is 89.5 Å². The Bertz CT molecular complexity index is 957. The topological polar surface area (TPSA) is 53.7 Å². The van der Waals surface area contributed by atoms with Crippen LogP contribution in [0.4, 0.5) is 0 Å². The van der Waals surface area contributed by atoms with Crippen LogP contribution in [0.2, 0.25) is 0 Å². The average Bonchev–Trinajstić information content (AvgIpc) is 3.41. The second-order valence-corrected chi connectivity index (χ2v) is 12.1. The first-order chi connectivity index (χ1) is 15.3. The highest BCUT2D eigenvalue weighted by molar-refractivity contribution is 5.31. The normalized spacial score (nSPS) is 46.3. The largest absolute Gasteiger partial charge is 0.431 e. The van der Waals surface area contributed by atoms with Gasteiger partial charge in [0, 0.05) is 17.5 Å². The first-order valence-corrected chi connectivity index (χ1v) is 13.1. The summed E-state index contributed by atoms with van der Waals surface area (Å²) >= 11 is 0. The number of rotatable bonds is 2. The highest BCUT2D eigenvalue weighted by Gasteiger charge is 2.66. The summed E-state index contributed by atoms with van der Waals surface area (Å²) in [7, 11) is 0. The summed E-state index contributed by atoms with van der Waals surface area (Å²) in [6.45, 7) is 7.40. The van der Waals surface area contributed by atoms with Gasteiger partial charge in [0.1, 0.15) is 0 Å². The van der Waals surface area contributed by atoms with Crippen molar-refractivity contribution in [3.63, 3.8) is 0 Å². The molecule has 4 nitrogen and oxygen atoms in total. The highest BCUT2D eigenvalue weighted by Crippen LogP contribution is 2.70. The van der Waals surface area contributed by atoms with Crippen molar-refractivity contribution >= 4 is 0 Å². The molecule has 0 aromatic carbocycles. The molecule has 7 atom stereocenters. The minimum Gasteiger partial charge on any atom is -0.431 e. The van der Waals surface area contributed by atoms with Crippen molar-refractivity contribution in [2.24, 2.45) is 22.7 Å². The molecule has 1 aromatic rings. The Morgan fingerprint density at radius 2 is 1.81 bits per heavy atom. The van der Waals surface area contributed by atoms with Crippen molar-refractivity contribution in [1.82, 2.24) is 4.90 Å². The SMILES string of the molecule is C[C@]12CCC(N3CCCC3)C=C1CC[C@@H]1[C@@H]2CC[C@]2(C)[C@@H](c3ccc(=O)oc3)CC[C@]12O. The van der Waals surface area contributed by atoms with E-state index in [-0.39, 0.29) is 22.4 Å². The molecule has 1 N–H and O–H groups in total. The molecule has 1 aromatic heterocycles. The number of hydrogen-bond acceptors (Lipinski definition) is 4. The molecule has 174 valence electrons. The molecule has 32 heavy (non-hydrogen) atoms. The minimum absolute atomic E-state index is 0.140. The summed E-state index contributed by atoms with van der Waals surface area (Å²) in [5, 5.41) is 12.4. The van der Waals surface area contributed by atoms with E-state index in [1.54, 1.807) is 17.9 Å². The Morgan fingerprint density at radius 1 is 1.00 bits per heavy atom. The third kappa shape index (κ3) is 2.84. The second kappa shape index (κ2) is 7.30. The molecule has 1 unspecified atom stereocenters. The quantitative estimate of drug-likeness (QED) is 0.641. The molecular weight excluding hydrogens is 398 g/mol. The maximum Gasteiger partial charge on any atom is 0.335 e. The van der Waals surface area contributed by atoms with E-state index in [2.05, 4.69) is 24.8 Å². The Labute approximate surface area is 192 Å². The van der Waals surface area contributed by atoms with Gasteiger partial charge in [-0.1, -0.05) is 25.5 Å². The summed E-state index contributed by atoms with van der Waals surface area (Å²) < 4.78 is 5.23. The van der Waals surface area contributed by atoms with Gasteiger partial charge in [0.2, 0.25) is 0 Å². The number of aliphatic hydroxyl groups is 1. The fourth-order valence-electron chi connectivity index (χ4n) is 9.14. The van der Waals surface area contributed by atoms with Crippen LogP contribution in [0.25, 0.3) is 0 Å². The number of likely N-dealkylation sites (tertiary alicyclic amines) is 1. The third-order valence-electron chi connectivity index (χ3n) is 11.0. The van der Waals surface area contributed by atoms with Gasteiger partial charge in [0.05, 0.1) is 11.9 Å². The van der Waals surface area contributed by atoms with E-state index < -0.39 is 5.60 Å². The molecule has 1 aliphatic heterocycles. The molecule has 4 heteroatoms. The molecule has 0 amide bonds. The molecule has 2 heterocycles.